The second-order valence-corrected chi connectivity index (χ2v) is 5.85. The SMILES string of the molecule is Cc1ccc(C2(C(=O)Nc3cccc(Cl)c3)CC2)cc1. The number of benzene rings is 2. The maximum atomic E-state index is 12.5. The van der Waals surface area contributed by atoms with Gasteiger partial charge in [-0.25, -0.2) is 0 Å². The number of carbonyl (C=O) groups is 1. The number of halogens is 1. The van der Waals surface area contributed by atoms with Gasteiger partial charge in [-0.1, -0.05) is 47.5 Å². The van der Waals surface area contributed by atoms with E-state index in [0.29, 0.717) is 5.02 Å². The Balaban J connectivity index is 1.81. The van der Waals surface area contributed by atoms with Crippen molar-refractivity contribution in [1.29, 1.82) is 0 Å². The third kappa shape index (κ3) is 2.44. The molecular weight excluding hydrogens is 270 g/mol. The zero-order valence-electron chi connectivity index (χ0n) is 11.3. The molecule has 1 saturated carbocycles. The monoisotopic (exact) mass is 285 g/mol. The zero-order chi connectivity index (χ0) is 14.2. The van der Waals surface area contributed by atoms with Gasteiger partial charge >= 0.3 is 0 Å². The number of nitrogens with one attached hydrogen (secondary N) is 1. The summed E-state index contributed by atoms with van der Waals surface area (Å²) in [7, 11) is 0. The van der Waals surface area contributed by atoms with Crippen LogP contribution in [0.5, 0.6) is 0 Å². The third-order valence-corrected chi connectivity index (χ3v) is 4.11. The second kappa shape index (κ2) is 4.95. The number of anilines is 1. The van der Waals surface area contributed by atoms with Gasteiger partial charge in [0.15, 0.2) is 0 Å². The number of hydrogen-bond acceptors (Lipinski definition) is 1. The van der Waals surface area contributed by atoms with Gasteiger partial charge in [-0.2, -0.15) is 0 Å². The molecule has 0 aromatic heterocycles. The molecule has 0 saturated heterocycles. The Morgan fingerprint density at radius 1 is 1.15 bits per heavy atom. The van der Waals surface area contributed by atoms with E-state index in [1.54, 1.807) is 12.1 Å². The maximum absolute atomic E-state index is 12.5. The highest BCUT2D eigenvalue weighted by molar-refractivity contribution is 6.30. The molecule has 0 unspecified atom stereocenters. The van der Waals surface area contributed by atoms with E-state index in [4.69, 9.17) is 11.6 Å². The van der Waals surface area contributed by atoms with E-state index in [0.717, 1.165) is 24.1 Å². The van der Waals surface area contributed by atoms with E-state index in [1.807, 2.05) is 12.1 Å². The average molecular weight is 286 g/mol. The summed E-state index contributed by atoms with van der Waals surface area (Å²) in [6, 6.07) is 15.5. The molecule has 0 bridgehead atoms. The van der Waals surface area contributed by atoms with Crippen molar-refractivity contribution in [3.63, 3.8) is 0 Å². The number of aryl methyl sites for hydroxylation is 1. The van der Waals surface area contributed by atoms with Gasteiger partial charge in [-0.3, -0.25) is 4.79 Å². The number of amides is 1. The van der Waals surface area contributed by atoms with Crippen molar-refractivity contribution in [2.45, 2.75) is 25.2 Å². The molecule has 1 fully saturated rings. The minimum Gasteiger partial charge on any atom is -0.325 e. The lowest BCUT2D eigenvalue weighted by molar-refractivity contribution is -0.118. The van der Waals surface area contributed by atoms with Gasteiger partial charge in [0.25, 0.3) is 0 Å². The molecule has 0 aliphatic heterocycles. The van der Waals surface area contributed by atoms with Crippen LogP contribution in [0.2, 0.25) is 5.02 Å². The van der Waals surface area contributed by atoms with Crippen LogP contribution in [0.1, 0.15) is 24.0 Å². The van der Waals surface area contributed by atoms with Crippen LogP contribution in [0.4, 0.5) is 5.69 Å². The summed E-state index contributed by atoms with van der Waals surface area (Å²) in [4.78, 5) is 12.5. The molecule has 20 heavy (non-hydrogen) atoms. The van der Waals surface area contributed by atoms with E-state index in [9.17, 15) is 4.79 Å². The highest BCUT2D eigenvalue weighted by atomic mass is 35.5. The predicted octanol–water partition coefficient (Wildman–Crippen LogP) is 4.32. The van der Waals surface area contributed by atoms with Crippen LogP contribution in [0.3, 0.4) is 0 Å². The van der Waals surface area contributed by atoms with Gasteiger partial charge in [0.05, 0.1) is 5.41 Å². The summed E-state index contributed by atoms with van der Waals surface area (Å²) >= 11 is 5.94. The second-order valence-electron chi connectivity index (χ2n) is 5.41. The fourth-order valence-corrected chi connectivity index (χ4v) is 2.65. The first-order valence-electron chi connectivity index (χ1n) is 6.74. The molecule has 1 aliphatic rings. The van der Waals surface area contributed by atoms with E-state index in [2.05, 4.69) is 36.5 Å². The Morgan fingerprint density at radius 2 is 1.85 bits per heavy atom. The molecule has 2 nitrogen and oxygen atoms in total. The van der Waals surface area contributed by atoms with Crippen LogP contribution in [0, 0.1) is 6.92 Å². The molecule has 1 aliphatic carbocycles. The smallest absolute Gasteiger partial charge is 0.235 e. The zero-order valence-corrected chi connectivity index (χ0v) is 12.1. The van der Waals surface area contributed by atoms with Crippen molar-refractivity contribution in [3.05, 3.63) is 64.7 Å². The Hall–Kier alpha value is -1.80. The lowest BCUT2D eigenvalue weighted by atomic mass is 9.94. The number of carbonyl (C=O) groups excluding carboxylic acids is 1. The van der Waals surface area contributed by atoms with Gasteiger partial charge in [0.1, 0.15) is 0 Å². The van der Waals surface area contributed by atoms with Crippen LogP contribution in [0.15, 0.2) is 48.5 Å². The maximum Gasteiger partial charge on any atom is 0.235 e. The minimum absolute atomic E-state index is 0.0589. The Kier molecular flexibility index (Phi) is 3.27. The third-order valence-electron chi connectivity index (χ3n) is 3.87. The first kappa shape index (κ1) is 13.2. The Labute approximate surface area is 123 Å². The summed E-state index contributed by atoms with van der Waals surface area (Å²) in [5.41, 5.74) is 2.71. The standard InChI is InChI=1S/C17H16ClNO/c1-12-5-7-13(8-6-12)17(9-10-17)16(20)19-15-4-2-3-14(18)11-15/h2-8,11H,9-10H2,1H3,(H,19,20). The highest BCUT2D eigenvalue weighted by Crippen LogP contribution is 2.49. The lowest BCUT2D eigenvalue weighted by Gasteiger charge is -2.16. The molecule has 3 heteroatoms. The minimum atomic E-state index is -0.351. The van der Waals surface area contributed by atoms with E-state index < -0.39 is 0 Å². The van der Waals surface area contributed by atoms with Crippen LogP contribution >= 0.6 is 11.6 Å². The number of hydrogen-bond donors (Lipinski definition) is 1. The molecule has 1 amide bonds. The van der Waals surface area contributed by atoms with Gasteiger partial charge in [-0.05, 0) is 43.5 Å². The van der Waals surface area contributed by atoms with Crippen LogP contribution in [-0.2, 0) is 10.2 Å². The van der Waals surface area contributed by atoms with Gasteiger partial charge in [-0.15, -0.1) is 0 Å². The molecule has 0 spiro atoms. The largest absolute Gasteiger partial charge is 0.325 e. The van der Waals surface area contributed by atoms with Crippen molar-refractivity contribution in [2.75, 3.05) is 5.32 Å². The van der Waals surface area contributed by atoms with Crippen molar-refractivity contribution < 1.29 is 4.79 Å². The molecule has 102 valence electrons. The summed E-state index contributed by atoms with van der Waals surface area (Å²) in [6.45, 7) is 2.05. The fraction of sp³-hybridized carbons (Fsp3) is 0.235. The molecular formula is C17H16ClNO. The molecule has 3 rings (SSSR count). The number of rotatable bonds is 3. The van der Waals surface area contributed by atoms with E-state index >= 15 is 0 Å². The molecule has 0 radical (unpaired) electrons. The van der Waals surface area contributed by atoms with Crippen molar-refractivity contribution >= 4 is 23.2 Å². The molecule has 1 N–H and O–H groups in total. The Bertz CT molecular complexity index is 644. The van der Waals surface area contributed by atoms with Crippen molar-refractivity contribution in [2.24, 2.45) is 0 Å². The lowest BCUT2D eigenvalue weighted by Crippen LogP contribution is -2.27. The van der Waals surface area contributed by atoms with Gasteiger partial charge in [0, 0.05) is 10.7 Å². The predicted molar refractivity (Wildman–Crippen MR) is 82.2 cm³/mol. The molecule has 2 aromatic carbocycles. The van der Waals surface area contributed by atoms with Crippen molar-refractivity contribution in [3.8, 4) is 0 Å². The quantitative estimate of drug-likeness (QED) is 0.894. The highest BCUT2D eigenvalue weighted by Gasteiger charge is 2.51. The topological polar surface area (TPSA) is 29.1 Å². The summed E-state index contributed by atoms with van der Waals surface area (Å²) in [5.74, 6) is 0.0589. The molecule has 0 heterocycles. The average Bonchev–Trinajstić information content (AvgIpc) is 3.21. The van der Waals surface area contributed by atoms with Crippen molar-refractivity contribution in [1.82, 2.24) is 0 Å². The summed E-state index contributed by atoms with van der Waals surface area (Å²) in [5, 5.41) is 3.60. The van der Waals surface area contributed by atoms with E-state index in [1.165, 1.54) is 5.56 Å². The fourth-order valence-electron chi connectivity index (χ4n) is 2.46. The van der Waals surface area contributed by atoms with Crippen LogP contribution in [-0.4, -0.2) is 5.91 Å². The molecule has 0 atom stereocenters. The van der Waals surface area contributed by atoms with Crippen LogP contribution < -0.4 is 5.32 Å². The molecule has 2 aromatic rings. The first-order chi connectivity index (χ1) is 9.60. The Morgan fingerprint density at radius 3 is 2.45 bits per heavy atom. The van der Waals surface area contributed by atoms with Crippen LogP contribution in [0.25, 0.3) is 0 Å². The van der Waals surface area contributed by atoms with Gasteiger partial charge in [0.2, 0.25) is 5.91 Å². The summed E-state index contributed by atoms with van der Waals surface area (Å²) in [6.07, 6.45) is 1.81. The van der Waals surface area contributed by atoms with E-state index in [-0.39, 0.29) is 11.3 Å². The normalized spacial score (nSPS) is 15.7. The summed E-state index contributed by atoms with van der Waals surface area (Å²) < 4.78 is 0. The van der Waals surface area contributed by atoms with Gasteiger partial charge < -0.3 is 5.32 Å². The first-order valence-corrected chi connectivity index (χ1v) is 7.12.